The number of rotatable bonds is 3. The zero-order chi connectivity index (χ0) is 7.11. The van der Waals surface area contributed by atoms with E-state index >= 15 is 0 Å². The van der Waals surface area contributed by atoms with E-state index in [1.807, 2.05) is 6.08 Å². The lowest BCUT2D eigenvalue weighted by molar-refractivity contribution is 1.43. The van der Waals surface area contributed by atoms with Gasteiger partial charge in [0, 0.05) is 5.70 Å². The first-order valence-electron chi connectivity index (χ1n) is 2.68. The van der Waals surface area contributed by atoms with Crippen LogP contribution in [0.25, 0.3) is 0 Å². The molecule has 0 aromatic rings. The summed E-state index contributed by atoms with van der Waals surface area (Å²) in [6.07, 6.45) is 8.65. The van der Waals surface area contributed by atoms with Crippen LogP contribution in [0.2, 0.25) is 0 Å². The van der Waals surface area contributed by atoms with Crippen molar-refractivity contribution < 1.29 is 0 Å². The van der Waals surface area contributed by atoms with E-state index in [9.17, 15) is 0 Å². The molecule has 2 N–H and O–H groups in total. The Morgan fingerprint density at radius 3 is 2.33 bits per heavy atom. The lowest BCUT2D eigenvalue weighted by Gasteiger charge is -1.83. The summed E-state index contributed by atoms with van der Waals surface area (Å²) in [6, 6.07) is 0. The van der Waals surface area contributed by atoms with Crippen molar-refractivity contribution in [3.8, 4) is 0 Å². The van der Waals surface area contributed by atoms with E-state index in [0.717, 1.165) is 0 Å². The Balaban J connectivity index is 3.81. The predicted octanol–water partition coefficient (Wildman–Crippen LogP) is 1.76. The predicted molar refractivity (Wildman–Crippen MR) is 41.8 cm³/mol. The average Bonchev–Trinajstić information content (AvgIpc) is 1.89. The molecule has 0 amide bonds. The van der Waals surface area contributed by atoms with Gasteiger partial charge in [-0.25, -0.2) is 0 Å². The molecule has 1 nitrogen and oxygen atoms in total. The first-order valence-corrected chi connectivity index (χ1v) is 2.68. The second-order valence-corrected chi connectivity index (χ2v) is 1.49. The molecule has 0 aromatic heterocycles. The highest BCUT2D eigenvalue weighted by Gasteiger charge is 1.71. The Kier molecular flexibility index (Phi) is 4.23. The molecule has 0 saturated heterocycles. The van der Waals surface area contributed by atoms with Gasteiger partial charge in [-0.2, -0.15) is 0 Å². The second-order valence-electron chi connectivity index (χ2n) is 1.49. The van der Waals surface area contributed by atoms with Gasteiger partial charge in [-0.1, -0.05) is 31.4 Å². The number of hydrogen-bond acceptors (Lipinski definition) is 1. The van der Waals surface area contributed by atoms with Crippen LogP contribution in [-0.4, -0.2) is 0 Å². The lowest BCUT2D eigenvalue weighted by Crippen LogP contribution is -1.89. The molecule has 0 spiro atoms. The highest BCUT2D eigenvalue weighted by molar-refractivity contribution is 5.20. The second kappa shape index (κ2) is 4.91. The Hall–Kier alpha value is -1.24. The van der Waals surface area contributed by atoms with Crippen molar-refractivity contribution >= 4 is 0 Å². The maximum atomic E-state index is 5.37. The fourth-order valence-electron chi connectivity index (χ4n) is 0.313. The molecule has 1 heteroatoms. The SMILES string of the molecule is C=C/C=C\C=C(\N)C=C. The summed E-state index contributed by atoms with van der Waals surface area (Å²) in [5.41, 5.74) is 6.03. The molecule has 0 fully saturated rings. The molecule has 48 valence electrons. The van der Waals surface area contributed by atoms with Gasteiger partial charge in [0.1, 0.15) is 0 Å². The van der Waals surface area contributed by atoms with E-state index in [0.29, 0.717) is 5.70 Å². The fraction of sp³-hybridized carbons (Fsp3) is 0. The molecule has 0 bridgehead atoms. The number of nitrogens with two attached hydrogens (primary N) is 1. The molecule has 9 heavy (non-hydrogen) atoms. The number of allylic oxidation sites excluding steroid dienone is 5. The Morgan fingerprint density at radius 1 is 1.22 bits per heavy atom. The third-order valence-corrected chi connectivity index (χ3v) is 0.772. The number of hydrogen-bond donors (Lipinski definition) is 1. The van der Waals surface area contributed by atoms with Crippen LogP contribution in [-0.2, 0) is 0 Å². The molecule has 0 radical (unpaired) electrons. The maximum Gasteiger partial charge on any atom is 0.0308 e. The highest BCUT2D eigenvalue weighted by Crippen LogP contribution is 1.84. The van der Waals surface area contributed by atoms with E-state index in [-0.39, 0.29) is 0 Å². The third-order valence-electron chi connectivity index (χ3n) is 0.772. The van der Waals surface area contributed by atoms with E-state index in [1.165, 1.54) is 0 Å². The van der Waals surface area contributed by atoms with Gasteiger partial charge in [-0.3, -0.25) is 0 Å². The monoisotopic (exact) mass is 121 g/mol. The molecule has 0 unspecified atom stereocenters. The zero-order valence-electron chi connectivity index (χ0n) is 5.38. The van der Waals surface area contributed by atoms with Crippen LogP contribution in [0, 0.1) is 0 Å². The quantitative estimate of drug-likeness (QED) is 0.566. The maximum absolute atomic E-state index is 5.37. The minimum atomic E-state index is 0.660. The van der Waals surface area contributed by atoms with Crippen LogP contribution in [0.3, 0.4) is 0 Å². The van der Waals surface area contributed by atoms with Crippen molar-refractivity contribution in [1.82, 2.24) is 0 Å². The molecule has 0 aliphatic carbocycles. The van der Waals surface area contributed by atoms with Gasteiger partial charge in [0.05, 0.1) is 0 Å². The van der Waals surface area contributed by atoms with E-state index in [1.54, 1.807) is 24.3 Å². The first kappa shape index (κ1) is 7.76. The van der Waals surface area contributed by atoms with Crippen molar-refractivity contribution in [1.29, 1.82) is 0 Å². The van der Waals surface area contributed by atoms with Gasteiger partial charge in [-0.15, -0.1) is 0 Å². The van der Waals surface area contributed by atoms with E-state index in [4.69, 9.17) is 5.73 Å². The van der Waals surface area contributed by atoms with Crippen LogP contribution < -0.4 is 5.73 Å². The lowest BCUT2D eigenvalue weighted by atomic mass is 10.4. The fourth-order valence-corrected chi connectivity index (χ4v) is 0.313. The molecular weight excluding hydrogens is 110 g/mol. The van der Waals surface area contributed by atoms with Gasteiger partial charge in [0.25, 0.3) is 0 Å². The summed E-state index contributed by atoms with van der Waals surface area (Å²) >= 11 is 0. The normalized spacial score (nSPS) is 11.8. The molecule has 0 aromatic carbocycles. The topological polar surface area (TPSA) is 26.0 Å². The molecule has 0 atom stereocenters. The molecule has 0 aliphatic heterocycles. The Bertz CT molecular complexity index is 152. The van der Waals surface area contributed by atoms with Gasteiger partial charge >= 0.3 is 0 Å². The minimum Gasteiger partial charge on any atom is -0.399 e. The molecule has 0 rings (SSSR count). The van der Waals surface area contributed by atoms with Crippen molar-refractivity contribution in [2.45, 2.75) is 0 Å². The van der Waals surface area contributed by atoms with Crippen molar-refractivity contribution in [2.24, 2.45) is 5.73 Å². The van der Waals surface area contributed by atoms with Gasteiger partial charge in [0.2, 0.25) is 0 Å². The summed E-state index contributed by atoms with van der Waals surface area (Å²) in [5.74, 6) is 0. The van der Waals surface area contributed by atoms with Gasteiger partial charge < -0.3 is 5.73 Å². The summed E-state index contributed by atoms with van der Waals surface area (Å²) in [5, 5.41) is 0. The summed E-state index contributed by atoms with van der Waals surface area (Å²) in [7, 11) is 0. The molecule has 0 heterocycles. The van der Waals surface area contributed by atoms with Gasteiger partial charge in [-0.05, 0) is 12.2 Å². The largest absolute Gasteiger partial charge is 0.399 e. The minimum absolute atomic E-state index is 0.660. The molecule has 0 aliphatic rings. The van der Waals surface area contributed by atoms with Crippen LogP contribution in [0.15, 0.2) is 49.2 Å². The van der Waals surface area contributed by atoms with Crippen LogP contribution in [0.5, 0.6) is 0 Å². The first-order chi connectivity index (χ1) is 4.31. The van der Waals surface area contributed by atoms with Crippen molar-refractivity contribution in [3.05, 3.63) is 49.2 Å². The zero-order valence-corrected chi connectivity index (χ0v) is 5.38. The van der Waals surface area contributed by atoms with Crippen molar-refractivity contribution in [3.63, 3.8) is 0 Å². The van der Waals surface area contributed by atoms with Crippen LogP contribution >= 0.6 is 0 Å². The smallest absolute Gasteiger partial charge is 0.0308 e. The van der Waals surface area contributed by atoms with E-state index < -0.39 is 0 Å². The molecule has 0 saturated carbocycles. The Morgan fingerprint density at radius 2 is 1.89 bits per heavy atom. The standard InChI is InChI=1S/C8H11N/c1-3-5-6-7-8(9)4-2/h3-7H,1-2,9H2/b6-5-,8-7+. The van der Waals surface area contributed by atoms with Gasteiger partial charge in [0.15, 0.2) is 0 Å². The van der Waals surface area contributed by atoms with Crippen LogP contribution in [0.4, 0.5) is 0 Å². The van der Waals surface area contributed by atoms with Crippen molar-refractivity contribution in [2.75, 3.05) is 0 Å². The molecular formula is C8H11N. The average molecular weight is 121 g/mol. The summed E-state index contributed by atoms with van der Waals surface area (Å²) in [6.45, 7) is 6.99. The summed E-state index contributed by atoms with van der Waals surface area (Å²) in [4.78, 5) is 0. The third kappa shape index (κ3) is 4.62. The Labute approximate surface area is 55.9 Å². The summed E-state index contributed by atoms with van der Waals surface area (Å²) < 4.78 is 0. The van der Waals surface area contributed by atoms with E-state index in [2.05, 4.69) is 13.2 Å². The van der Waals surface area contributed by atoms with Crippen LogP contribution in [0.1, 0.15) is 0 Å². The highest BCUT2D eigenvalue weighted by atomic mass is 14.5.